The summed E-state index contributed by atoms with van der Waals surface area (Å²) in [5.41, 5.74) is 7.04. The summed E-state index contributed by atoms with van der Waals surface area (Å²) >= 11 is 0. The minimum Gasteiger partial charge on any atom is -0.300 e. The van der Waals surface area contributed by atoms with Crippen LogP contribution < -0.4 is 0 Å². The molecule has 47 heavy (non-hydrogen) atoms. The summed E-state index contributed by atoms with van der Waals surface area (Å²) in [4.78, 5) is 17.4. The molecule has 0 saturated carbocycles. The Balaban J connectivity index is 0.00000294. The van der Waals surface area contributed by atoms with E-state index < -0.39 is 0 Å². The topological polar surface area (TPSA) is 61.0 Å². The number of aryl methyl sites for hydroxylation is 2. The molecular formula is C42H43N3O2. The Labute approximate surface area is 279 Å². The number of nitro groups is 1. The van der Waals surface area contributed by atoms with E-state index in [1.807, 2.05) is 76.3 Å². The van der Waals surface area contributed by atoms with Gasteiger partial charge in [-0.15, -0.1) is 25.0 Å². The van der Waals surface area contributed by atoms with E-state index in [2.05, 4.69) is 77.6 Å². The quantitative estimate of drug-likeness (QED) is 0.0395. The molecule has 0 radical (unpaired) electrons. The molecule has 4 aromatic rings. The molecule has 238 valence electrons. The minimum atomic E-state index is -0.283. The van der Waals surface area contributed by atoms with E-state index in [1.165, 1.54) is 0 Å². The number of rotatable bonds is 12. The lowest BCUT2D eigenvalue weighted by atomic mass is 9.90. The van der Waals surface area contributed by atoms with Gasteiger partial charge in [0.15, 0.2) is 0 Å². The fourth-order valence-electron chi connectivity index (χ4n) is 5.80. The Kier molecular flexibility index (Phi) is 13.6. The van der Waals surface area contributed by atoms with Crippen molar-refractivity contribution in [2.45, 2.75) is 60.3 Å². The summed E-state index contributed by atoms with van der Waals surface area (Å²) in [6.45, 7) is 9.46. The SMILES string of the molecule is C#C.C#CC(/C=C\C/C=C\C)CCc1nc(C)c(/C(=C(\C)[N+](=O)[O-])c2cc3ccccc3c3ccccc23)n1/C(=C/C)CC=C=CC. The van der Waals surface area contributed by atoms with Crippen LogP contribution in [0.15, 0.2) is 109 Å². The molecule has 4 rings (SSSR count). The average molecular weight is 622 g/mol. The number of imidazole rings is 1. The highest BCUT2D eigenvalue weighted by atomic mass is 16.6. The number of terminal acetylenes is 2. The van der Waals surface area contributed by atoms with Crippen molar-refractivity contribution in [3.63, 3.8) is 0 Å². The van der Waals surface area contributed by atoms with Crippen LogP contribution in [0.25, 0.3) is 32.8 Å². The molecule has 0 fully saturated rings. The first-order chi connectivity index (χ1) is 22.9. The third-order valence-corrected chi connectivity index (χ3v) is 8.02. The first kappa shape index (κ1) is 35.9. The Morgan fingerprint density at radius 2 is 1.72 bits per heavy atom. The van der Waals surface area contributed by atoms with Crippen LogP contribution in [0, 0.1) is 48.1 Å². The first-order valence-electron chi connectivity index (χ1n) is 15.8. The van der Waals surface area contributed by atoms with Gasteiger partial charge in [0.1, 0.15) is 5.82 Å². The van der Waals surface area contributed by atoms with Gasteiger partial charge in [0, 0.05) is 31.4 Å². The smallest absolute Gasteiger partial charge is 0.253 e. The highest BCUT2D eigenvalue weighted by Crippen LogP contribution is 2.39. The number of hydrogen-bond acceptors (Lipinski definition) is 3. The van der Waals surface area contributed by atoms with Crippen LogP contribution in [-0.4, -0.2) is 14.5 Å². The van der Waals surface area contributed by atoms with Gasteiger partial charge in [0.25, 0.3) is 5.70 Å². The van der Waals surface area contributed by atoms with E-state index in [9.17, 15) is 10.1 Å². The van der Waals surface area contributed by atoms with E-state index in [4.69, 9.17) is 11.4 Å². The highest BCUT2D eigenvalue weighted by Gasteiger charge is 2.28. The normalized spacial score (nSPS) is 12.7. The van der Waals surface area contributed by atoms with Gasteiger partial charge in [0.05, 0.1) is 21.9 Å². The number of benzene rings is 3. The third kappa shape index (κ3) is 8.36. The van der Waals surface area contributed by atoms with Crippen LogP contribution in [0.1, 0.15) is 69.7 Å². The average Bonchev–Trinajstić information content (AvgIpc) is 3.42. The van der Waals surface area contributed by atoms with Crippen molar-refractivity contribution in [3.8, 4) is 25.2 Å². The molecule has 0 saturated heterocycles. The second-order valence-corrected chi connectivity index (χ2v) is 10.9. The van der Waals surface area contributed by atoms with Crippen LogP contribution in [0.3, 0.4) is 0 Å². The van der Waals surface area contributed by atoms with Gasteiger partial charge >= 0.3 is 0 Å². The van der Waals surface area contributed by atoms with Gasteiger partial charge in [-0.25, -0.2) is 4.98 Å². The predicted octanol–water partition coefficient (Wildman–Crippen LogP) is 10.5. The van der Waals surface area contributed by atoms with Crippen molar-refractivity contribution in [2.24, 2.45) is 5.92 Å². The molecule has 1 aromatic heterocycles. The van der Waals surface area contributed by atoms with E-state index in [-0.39, 0.29) is 16.5 Å². The van der Waals surface area contributed by atoms with Crippen molar-refractivity contribution >= 4 is 32.8 Å². The van der Waals surface area contributed by atoms with Gasteiger partial charge < -0.3 is 0 Å². The maximum Gasteiger partial charge on any atom is 0.253 e. The van der Waals surface area contributed by atoms with Crippen LogP contribution in [-0.2, 0) is 6.42 Å². The van der Waals surface area contributed by atoms with E-state index >= 15 is 0 Å². The molecule has 0 aliphatic rings. The first-order valence-corrected chi connectivity index (χ1v) is 15.8. The molecule has 1 heterocycles. The molecule has 0 N–H and O–H groups in total. The standard InChI is InChI=1S/C40H41N3O2.C2H2/c1-7-11-13-15-20-31(9-3)26-27-38-41-29(5)40(42(38)33(10-4)22-14-12-8-2)39(30(6)43(44)45)37-28-32-21-16-17-23-34(32)35-24-18-19-25-36(35)37;1-2/h3,7-8,10-11,14-21,23-25,28,31H,13,22,26-27H2,1-2,4-6H3;1-2H/b11-7-,20-15-,33-10+,39-30+;. The maximum atomic E-state index is 12.6. The van der Waals surface area contributed by atoms with Gasteiger partial charge in [0.2, 0.25) is 0 Å². The third-order valence-electron chi connectivity index (χ3n) is 8.02. The van der Waals surface area contributed by atoms with Gasteiger partial charge in [-0.05, 0) is 85.9 Å². The Morgan fingerprint density at radius 1 is 1.04 bits per heavy atom. The van der Waals surface area contributed by atoms with Gasteiger partial charge in [-0.2, -0.15) is 0 Å². The molecule has 0 spiro atoms. The minimum absolute atomic E-state index is 0.0545. The summed E-state index contributed by atoms with van der Waals surface area (Å²) in [6, 6.07) is 18.4. The zero-order chi connectivity index (χ0) is 34.3. The number of allylic oxidation sites excluding steroid dienone is 8. The Bertz CT molecular complexity index is 1980. The van der Waals surface area contributed by atoms with Crippen LogP contribution in [0.5, 0.6) is 0 Å². The lowest BCUT2D eigenvalue weighted by Gasteiger charge is -2.19. The fourth-order valence-corrected chi connectivity index (χ4v) is 5.80. The molecule has 5 nitrogen and oxygen atoms in total. The molecular weight excluding hydrogens is 578 g/mol. The zero-order valence-corrected chi connectivity index (χ0v) is 28.0. The summed E-state index contributed by atoms with van der Waals surface area (Å²) in [5, 5.41) is 16.7. The molecule has 0 aliphatic carbocycles. The van der Waals surface area contributed by atoms with E-state index in [0.717, 1.165) is 56.4 Å². The number of nitrogens with zero attached hydrogens (tertiary/aromatic N) is 3. The number of hydrogen-bond donors (Lipinski definition) is 0. The Morgan fingerprint density at radius 3 is 2.36 bits per heavy atom. The molecule has 0 bridgehead atoms. The number of aromatic nitrogens is 2. The number of fused-ring (bicyclic) bond motifs is 3. The van der Waals surface area contributed by atoms with E-state index in [0.29, 0.717) is 24.8 Å². The summed E-state index contributed by atoms with van der Waals surface area (Å²) < 4.78 is 2.12. The van der Waals surface area contributed by atoms with Crippen LogP contribution in [0.2, 0.25) is 0 Å². The lowest BCUT2D eigenvalue weighted by Crippen LogP contribution is -2.11. The largest absolute Gasteiger partial charge is 0.300 e. The molecule has 3 aromatic carbocycles. The van der Waals surface area contributed by atoms with Gasteiger partial charge in [-0.1, -0.05) is 84.8 Å². The van der Waals surface area contributed by atoms with Crippen molar-refractivity contribution < 1.29 is 4.92 Å². The van der Waals surface area contributed by atoms with Crippen molar-refractivity contribution in [2.75, 3.05) is 0 Å². The second kappa shape index (κ2) is 17.8. The summed E-state index contributed by atoms with van der Waals surface area (Å²) in [5.74, 6) is 3.68. The Hall–Kier alpha value is -5.61. The fraction of sp³-hybridized carbons (Fsp3) is 0.238. The molecule has 5 heteroatoms. The second-order valence-electron chi connectivity index (χ2n) is 10.9. The summed E-state index contributed by atoms with van der Waals surface area (Å²) in [6.07, 6.45) is 30.8. The maximum absolute atomic E-state index is 12.6. The van der Waals surface area contributed by atoms with Crippen molar-refractivity contribution in [3.05, 3.63) is 141 Å². The van der Waals surface area contributed by atoms with Crippen molar-refractivity contribution in [1.29, 1.82) is 0 Å². The zero-order valence-electron chi connectivity index (χ0n) is 28.0. The summed E-state index contributed by atoms with van der Waals surface area (Å²) in [7, 11) is 0. The highest BCUT2D eigenvalue weighted by molar-refractivity contribution is 6.13. The monoisotopic (exact) mass is 621 g/mol. The molecule has 1 unspecified atom stereocenters. The van der Waals surface area contributed by atoms with Crippen LogP contribution in [0.4, 0.5) is 0 Å². The molecule has 1 atom stereocenters. The van der Waals surface area contributed by atoms with E-state index in [1.54, 1.807) is 6.92 Å². The van der Waals surface area contributed by atoms with Crippen LogP contribution >= 0.6 is 0 Å². The predicted molar refractivity (Wildman–Crippen MR) is 199 cm³/mol. The lowest BCUT2D eigenvalue weighted by molar-refractivity contribution is -0.423. The molecule has 0 aliphatic heterocycles. The van der Waals surface area contributed by atoms with Crippen molar-refractivity contribution in [1.82, 2.24) is 9.55 Å². The van der Waals surface area contributed by atoms with Gasteiger partial charge in [-0.3, -0.25) is 14.7 Å². The molecule has 0 amide bonds.